The normalized spacial score (nSPS) is 23.1. The van der Waals surface area contributed by atoms with Gasteiger partial charge >= 0.3 is 6.03 Å². The van der Waals surface area contributed by atoms with Crippen LogP contribution in [-0.2, 0) is 6.54 Å². The van der Waals surface area contributed by atoms with Crippen molar-refractivity contribution >= 4 is 6.03 Å². The number of carbonyl (C=O) groups is 1. The molecule has 0 bridgehead atoms. The van der Waals surface area contributed by atoms with Crippen molar-refractivity contribution in [2.45, 2.75) is 70.0 Å². The Morgan fingerprint density at radius 3 is 2.83 bits per heavy atom. The molecule has 7 heteroatoms. The van der Waals surface area contributed by atoms with Crippen LogP contribution in [0.5, 0.6) is 0 Å². The SMILES string of the molecule is O=C(NCCCn1ccnn1)NC1CCCN(C2CCCCC2)C1. The summed E-state index contributed by atoms with van der Waals surface area (Å²) in [6.07, 6.45) is 13.4. The Morgan fingerprint density at radius 1 is 1.17 bits per heavy atom. The molecule has 1 aromatic heterocycles. The van der Waals surface area contributed by atoms with Crippen LogP contribution in [0.1, 0.15) is 51.4 Å². The number of hydrogen-bond acceptors (Lipinski definition) is 4. The molecule has 1 aliphatic carbocycles. The largest absolute Gasteiger partial charge is 0.338 e. The van der Waals surface area contributed by atoms with E-state index in [1.54, 1.807) is 10.9 Å². The van der Waals surface area contributed by atoms with E-state index in [0.29, 0.717) is 6.54 Å². The predicted molar refractivity (Wildman–Crippen MR) is 92.6 cm³/mol. The molecule has 1 unspecified atom stereocenters. The van der Waals surface area contributed by atoms with Gasteiger partial charge in [0.1, 0.15) is 0 Å². The zero-order valence-electron chi connectivity index (χ0n) is 14.5. The second-order valence-electron chi connectivity index (χ2n) is 7.05. The average molecular weight is 334 g/mol. The molecule has 1 saturated carbocycles. The van der Waals surface area contributed by atoms with Crippen molar-refractivity contribution in [2.24, 2.45) is 0 Å². The van der Waals surface area contributed by atoms with Crippen molar-refractivity contribution in [3.8, 4) is 0 Å². The molecule has 1 atom stereocenters. The number of aromatic nitrogens is 3. The molecule has 0 radical (unpaired) electrons. The molecule has 0 spiro atoms. The average Bonchev–Trinajstić information content (AvgIpc) is 3.13. The highest BCUT2D eigenvalue weighted by Crippen LogP contribution is 2.25. The van der Waals surface area contributed by atoms with Gasteiger partial charge in [-0.1, -0.05) is 24.5 Å². The Labute approximate surface area is 144 Å². The number of aryl methyl sites for hydroxylation is 1. The smallest absolute Gasteiger partial charge is 0.315 e. The number of likely N-dealkylation sites (tertiary alicyclic amines) is 1. The molecule has 2 aliphatic rings. The van der Waals surface area contributed by atoms with E-state index in [9.17, 15) is 4.79 Å². The number of carbonyl (C=O) groups excluding carboxylic acids is 1. The van der Waals surface area contributed by atoms with Crippen molar-refractivity contribution in [1.82, 2.24) is 30.5 Å². The second kappa shape index (κ2) is 9.01. The third-order valence-electron chi connectivity index (χ3n) is 5.20. The van der Waals surface area contributed by atoms with Gasteiger partial charge in [-0.2, -0.15) is 0 Å². The van der Waals surface area contributed by atoms with E-state index in [4.69, 9.17) is 0 Å². The highest BCUT2D eigenvalue weighted by molar-refractivity contribution is 5.74. The molecular weight excluding hydrogens is 304 g/mol. The molecule has 2 fully saturated rings. The van der Waals surface area contributed by atoms with Gasteiger partial charge < -0.3 is 10.6 Å². The Morgan fingerprint density at radius 2 is 2.04 bits per heavy atom. The minimum atomic E-state index is -0.0379. The van der Waals surface area contributed by atoms with Gasteiger partial charge in [0.2, 0.25) is 0 Å². The summed E-state index contributed by atoms with van der Waals surface area (Å²) < 4.78 is 1.78. The van der Waals surface area contributed by atoms with E-state index in [1.807, 2.05) is 6.20 Å². The maximum absolute atomic E-state index is 12.1. The van der Waals surface area contributed by atoms with Crippen LogP contribution in [-0.4, -0.2) is 57.6 Å². The number of urea groups is 1. The summed E-state index contributed by atoms with van der Waals surface area (Å²) in [5.74, 6) is 0. The number of rotatable bonds is 6. The van der Waals surface area contributed by atoms with Crippen molar-refractivity contribution in [2.75, 3.05) is 19.6 Å². The summed E-state index contributed by atoms with van der Waals surface area (Å²) in [5.41, 5.74) is 0. The molecule has 24 heavy (non-hydrogen) atoms. The first-order chi connectivity index (χ1) is 11.8. The van der Waals surface area contributed by atoms with E-state index in [-0.39, 0.29) is 12.1 Å². The lowest BCUT2D eigenvalue weighted by Crippen LogP contribution is -2.53. The summed E-state index contributed by atoms with van der Waals surface area (Å²) in [5, 5.41) is 13.8. The zero-order valence-corrected chi connectivity index (χ0v) is 14.5. The highest BCUT2D eigenvalue weighted by atomic mass is 16.2. The highest BCUT2D eigenvalue weighted by Gasteiger charge is 2.27. The van der Waals surface area contributed by atoms with Crippen molar-refractivity contribution < 1.29 is 4.79 Å². The summed E-state index contributed by atoms with van der Waals surface area (Å²) >= 11 is 0. The second-order valence-corrected chi connectivity index (χ2v) is 7.05. The predicted octanol–water partition coefficient (Wildman–Crippen LogP) is 1.76. The number of nitrogens with one attached hydrogen (secondary N) is 2. The molecule has 0 aromatic carbocycles. The van der Waals surface area contributed by atoms with Crippen LogP contribution >= 0.6 is 0 Å². The van der Waals surface area contributed by atoms with Gasteiger partial charge in [-0.05, 0) is 38.6 Å². The van der Waals surface area contributed by atoms with E-state index in [0.717, 1.165) is 32.0 Å². The van der Waals surface area contributed by atoms with Gasteiger partial charge in [-0.25, -0.2) is 4.79 Å². The topological polar surface area (TPSA) is 75.1 Å². The molecule has 2 heterocycles. The van der Waals surface area contributed by atoms with Crippen LogP contribution in [0, 0.1) is 0 Å². The fourth-order valence-electron chi connectivity index (χ4n) is 3.93. The molecule has 3 rings (SSSR count). The Balaban J connectivity index is 1.33. The van der Waals surface area contributed by atoms with Gasteiger partial charge in [0.15, 0.2) is 0 Å². The lowest BCUT2D eigenvalue weighted by molar-refractivity contribution is 0.112. The summed E-state index contributed by atoms with van der Waals surface area (Å²) in [7, 11) is 0. The third-order valence-corrected chi connectivity index (χ3v) is 5.20. The van der Waals surface area contributed by atoms with Crippen LogP contribution in [0.3, 0.4) is 0 Å². The minimum Gasteiger partial charge on any atom is -0.338 e. The maximum Gasteiger partial charge on any atom is 0.315 e. The Bertz CT molecular complexity index is 485. The molecule has 134 valence electrons. The quantitative estimate of drug-likeness (QED) is 0.778. The summed E-state index contributed by atoms with van der Waals surface area (Å²) in [6, 6.07) is 0.995. The van der Waals surface area contributed by atoms with Crippen LogP contribution in [0.2, 0.25) is 0 Å². The van der Waals surface area contributed by atoms with Crippen LogP contribution in [0.15, 0.2) is 12.4 Å². The molecular formula is C17H30N6O. The fraction of sp³-hybridized carbons (Fsp3) is 0.824. The Hall–Kier alpha value is -1.63. The van der Waals surface area contributed by atoms with Gasteiger partial charge in [0.25, 0.3) is 0 Å². The zero-order chi connectivity index (χ0) is 16.6. The van der Waals surface area contributed by atoms with Gasteiger partial charge in [0.05, 0.1) is 6.20 Å². The standard InChI is InChI=1S/C17H30N6O/c24-17(18-9-5-12-23-13-10-19-21-23)20-15-6-4-11-22(14-15)16-7-2-1-3-8-16/h10,13,15-16H,1-9,11-12,14H2,(H2,18,20,24). The lowest BCUT2D eigenvalue weighted by atomic mass is 9.92. The van der Waals surface area contributed by atoms with Crippen molar-refractivity contribution in [3.05, 3.63) is 12.4 Å². The first-order valence-electron chi connectivity index (χ1n) is 9.44. The number of nitrogens with zero attached hydrogens (tertiary/aromatic N) is 4. The van der Waals surface area contributed by atoms with Crippen LogP contribution < -0.4 is 10.6 Å². The molecule has 1 aliphatic heterocycles. The third kappa shape index (κ3) is 5.19. The number of hydrogen-bond donors (Lipinski definition) is 2. The number of piperidine rings is 1. The van der Waals surface area contributed by atoms with E-state index in [1.165, 1.54) is 45.1 Å². The van der Waals surface area contributed by atoms with Crippen LogP contribution in [0.4, 0.5) is 4.79 Å². The first-order valence-corrected chi connectivity index (χ1v) is 9.44. The summed E-state index contributed by atoms with van der Waals surface area (Å²) in [6.45, 7) is 3.64. The first kappa shape index (κ1) is 17.2. The van der Waals surface area contributed by atoms with Gasteiger partial charge in [-0.3, -0.25) is 9.58 Å². The van der Waals surface area contributed by atoms with Crippen molar-refractivity contribution in [3.63, 3.8) is 0 Å². The lowest BCUT2D eigenvalue weighted by Gasteiger charge is -2.40. The molecule has 7 nitrogen and oxygen atoms in total. The van der Waals surface area contributed by atoms with Crippen molar-refractivity contribution in [1.29, 1.82) is 0 Å². The fourth-order valence-corrected chi connectivity index (χ4v) is 3.93. The maximum atomic E-state index is 12.1. The van der Waals surface area contributed by atoms with E-state index < -0.39 is 0 Å². The number of amides is 2. The molecule has 1 aromatic rings. The van der Waals surface area contributed by atoms with Gasteiger partial charge in [0, 0.05) is 37.9 Å². The van der Waals surface area contributed by atoms with E-state index >= 15 is 0 Å². The molecule has 1 saturated heterocycles. The molecule has 2 amide bonds. The summed E-state index contributed by atoms with van der Waals surface area (Å²) in [4.78, 5) is 14.7. The minimum absolute atomic E-state index is 0.0379. The monoisotopic (exact) mass is 334 g/mol. The molecule has 2 N–H and O–H groups in total. The van der Waals surface area contributed by atoms with Crippen LogP contribution in [0.25, 0.3) is 0 Å². The Kier molecular flexibility index (Phi) is 6.46. The van der Waals surface area contributed by atoms with E-state index in [2.05, 4.69) is 25.8 Å². The van der Waals surface area contributed by atoms with Gasteiger partial charge in [-0.15, -0.1) is 5.10 Å².